The highest BCUT2D eigenvalue weighted by Gasteiger charge is 2.39. The lowest BCUT2D eigenvalue weighted by atomic mass is 10.3. The van der Waals surface area contributed by atoms with Crippen molar-refractivity contribution in [2.45, 2.75) is 18.2 Å². The van der Waals surface area contributed by atoms with Crippen molar-refractivity contribution < 1.29 is 27.8 Å². The Morgan fingerprint density at radius 1 is 1.65 bits per heavy atom. The molecule has 1 fully saturated rings. The van der Waals surface area contributed by atoms with Gasteiger partial charge >= 0.3 is 5.97 Å². The maximum atomic E-state index is 12.1. The first-order valence-electron chi connectivity index (χ1n) is 5.22. The highest BCUT2D eigenvalue weighted by atomic mass is 32.2. The van der Waals surface area contributed by atoms with E-state index in [9.17, 15) is 13.2 Å². The van der Waals surface area contributed by atoms with Gasteiger partial charge in [0.15, 0.2) is 5.25 Å². The lowest BCUT2D eigenvalue weighted by Crippen LogP contribution is -2.54. The quantitative estimate of drug-likeness (QED) is 0.628. The maximum Gasteiger partial charge on any atom is 0.325 e. The first-order chi connectivity index (χ1) is 7.95. The fourth-order valence-electron chi connectivity index (χ4n) is 1.61. The maximum absolute atomic E-state index is 12.1. The molecule has 0 aromatic heterocycles. The third-order valence-electron chi connectivity index (χ3n) is 2.69. The van der Waals surface area contributed by atoms with Crippen molar-refractivity contribution in [3.05, 3.63) is 0 Å². The van der Waals surface area contributed by atoms with E-state index in [0.29, 0.717) is 0 Å². The monoisotopic (exact) mass is 267 g/mol. The Balaban J connectivity index is 2.91. The number of hydrogen-bond acceptors (Lipinski definition) is 6. The van der Waals surface area contributed by atoms with Gasteiger partial charge in [0.25, 0.3) is 0 Å². The molecule has 2 atom stereocenters. The number of rotatable bonds is 4. The van der Waals surface area contributed by atoms with Crippen molar-refractivity contribution in [3.8, 4) is 0 Å². The molecule has 0 aromatic rings. The summed E-state index contributed by atoms with van der Waals surface area (Å²) in [6.07, 6.45) is 0. The molecule has 1 N–H and O–H groups in total. The molecule has 0 bridgehead atoms. The van der Waals surface area contributed by atoms with Crippen LogP contribution in [0.5, 0.6) is 0 Å². The summed E-state index contributed by atoms with van der Waals surface area (Å²) in [5, 5.41) is 7.82. The Bertz CT molecular complexity index is 368. The van der Waals surface area contributed by atoms with E-state index in [1.165, 1.54) is 6.92 Å². The zero-order valence-electron chi connectivity index (χ0n) is 9.83. The highest BCUT2D eigenvalue weighted by Crippen LogP contribution is 2.17. The van der Waals surface area contributed by atoms with Crippen LogP contribution in [0, 0.1) is 0 Å². The molecule has 1 heterocycles. The number of nitrogens with zero attached hydrogens (tertiary/aromatic N) is 1. The zero-order chi connectivity index (χ0) is 13.1. The number of morpholine rings is 1. The first kappa shape index (κ1) is 14.4. The van der Waals surface area contributed by atoms with Crippen LogP contribution in [0.2, 0.25) is 0 Å². The summed E-state index contributed by atoms with van der Waals surface area (Å²) in [5.74, 6) is -0.812. The van der Waals surface area contributed by atoms with E-state index in [1.807, 2.05) is 0 Å². The predicted octanol–water partition coefficient (Wildman–Crippen LogP) is -1.43. The molecule has 1 rings (SSSR count). The van der Waals surface area contributed by atoms with E-state index in [4.69, 9.17) is 9.84 Å². The van der Waals surface area contributed by atoms with Crippen molar-refractivity contribution in [1.82, 2.24) is 4.31 Å². The number of carbonyl (C=O) groups is 1. The van der Waals surface area contributed by atoms with Gasteiger partial charge in [-0.1, -0.05) is 0 Å². The molecule has 1 saturated heterocycles. The van der Waals surface area contributed by atoms with E-state index in [-0.39, 0.29) is 26.4 Å². The summed E-state index contributed by atoms with van der Waals surface area (Å²) in [4.78, 5) is 11.3. The molecular weight excluding hydrogens is 250 g/mol. The third-order valence-corrected chi connectivity index (χ3v) is 4.91. The molecule has 0 saturated carbocycles. The van der Waals surface area contributed by atoms with Gasteiger partial charge in [0.2, 0.25) is 10.0 Å². The van der Waals surface area contributed by atoms with Gasteiger partial charge in [0.05, 0.1) is 33.0 Å². The average Bonchev–Trinajstić information content (AvgIpc) is 2.36. The van der Waals surface area contributed by atoms with Gasteiger partial charge in [-0.2, -0.15) is 4.31 Å². The van der Waals surface area contributed by atoms with Crippen molar-refractivity contribution in [3.63, 3.8) is 0 Å². The summed E-state index contributed by atoms with van der Waals surface area (Å²) < 4.78 is 34.8. The Morgan fingerprint density at radius 2 is 2.29 bits per heavy atom. The molecule has 2 unspecified atom stereocenters. The molecule has 8 heteroatoms. The third kappa shape index (κ3) is 2.95. The van der Waals surface area contributed by atoms with E-state index >= 15 is 0 Å². The van der Waals surface area contributed by atoms with Crippen LogP contribution in [-0.2, 0) is 24.3 Å². The largest absolute Gasteiger partial charge is 0.468 e. The zero-order valence-corrected chi connectivity index (χ0v) is 10.6. The summed E-state index contributed by atoms with van der Waals surface area (Å²) in [6, 6.07) is -0.638. The minimum atomic E-state index is -3.82. The molecule has 0 amide bonds. The molecule has 0 aliphatic carbocycles. The highest BCUT2D eigenvalue weighted by molar-refractivity contribution is 7.90. The molecule has 1 aliphatic heterocycles. The van der Waals surface area contributed by atoms with Crippen LogP contribution in [0.3, 0.4) is 0 Å². The van der Waals surface area contributed by atoms with E-state index in [0.717, 1.165) is 11.4 Å². The standard InChI is InChI=1S/C9H17NO6S/c1-7(9(12)15-2)17(13,14)10-3-4-16-6-8(10)5-11/h7-8,11H,3-6H2,1-2H3. The molecule has 0 aromatic carbocycles. The minimum absolute atomic E-state index is 0.129. The molecule has 17 heavy (non-hydrogen) atoms. The van der Waals surface area contributed by atoms with Gasteiger partial charge in [-0.05, 0) is 6.92 Å². The summed E-state index contributed by atoms with van der Waals surface area (Å²) in [7, 11) is -2.68. The number of ether oxygens (including phenoxy) is 2. The van der Waals surface area contributed by atoms with Crippen LogP contribution >= 0.6 is 0 Å². The first-order valence-corrected chi connectivity index (χ1v) is 6.72. The Morgan fingerprint density at radius 3 is 2.82 bits per heavy atom. The number of aliphatic hydroxyl groups is 1. The summed E-state index contributed by atoms with van der Waals surface area (Å²) in [6.45, 7) is 1.44. The fraction of sp³-hybridized carbons (Fsp3) is 0.889. The number of methoxy groups -OCH3 is 1. The summed E-state index contributed by atoms with van der Waals surface area (Å²) >= 11 is 0. The summed E-state index contributed by atoms with van der Waals surface area (Å²) in [5.41, 5.74) is 0. The van der Waals surface area contributed by atoms with Crippen molar-refractivity contribution in [1.29, 1.82) is 0 Å². The number of sulfonamides is 1. The fourth-order valence-corrected chi connectivity index (χ4v) is 3.23. The normalized spacial score (nSPS) is 24.3. The van der Waals surface area contributed by atoms with E-state index in [1.54, 1.807) is 0 Å². The predicted molar refractivity (Wildman–Crippen MR) is 58.8 cm³/mol. The smallest absolute Gasteiger partial charge is 0.325 e. The van der Waals surface area contributed by atoms with Crippen LogP contribution in [0.25, 0.3) is 0 Å². The molecule has 0 radical (unpaired) electrons. The van der Waals surface area contributed by atoms with Gasteiger partial charge in [0, 0.05) is 6.54 Å². The average molecular weight is 267 g/mol. The molecule has 7 nitrogen and oxygen atoms in total. The van der Waals surface area contributed by atoms with Gasteiger partial charge in [0.1, 0.15) is 0 Å². The second kappa shape index (κ2) is 5.76. The number of esters is 1. The van der Waals surface area contributed by atoms with E-state index < -0.39 is 27.3 Å². The number of hydrogen-bond donors (Lipinski definition) is 1. The van der Waals surface area contributed by atoms with Crippen molar-refractivity contribution in [2.24, 2.45) is 0 Å². The Hall–Kier alpha value is -0.700. The van der Waals surface area contributed by atoms with Crippen LogP contribution in [0.15, 0.2) is 0 Å². The number of aliphatic hydroxyl groups excluding tert-OH is 1. The van der Waals surface area contributed by atoms with Crippen LogP contribution < -0.4 is 0 Å². The van der Waals surface area contributed by atoms with Gasteiger partial charge in [-0.3, -0.25) is 4.79 Å². The Kier molecular flexibility index (Phi) is 4.87. The topological polar surface area (TPSA) is 93.1 Å². The van der Waals surface area contributed by atoms with E-state index in [2.05, 4.69) is 4.74 Å². The van der Waals surface area contributed by atoms with Crippen molar-refractivity contribution in [2.75, 3.05) is 33.5 Å². The molecule has 100 valence electrons. The minimum Gasteiger partial charge on any atom is -0.468 e. The molecule has 0 spiro atoms. The Labute approximate surface area is 100 Å². The number of carbonyl (C=O) groups excluding carboxylic acids is 1. The molecule has 1 aliphatic rings. The second-order valence-electron chi connectivity index (χ2n) is 3.73. The van der Waals surface area contributed by atoms with Gasteiger partial charge in [-0.25, -0.2) is 8.42 Å². The lowest BCUT2D eigenvalue weighted by molar-refractivity contribution is -0.139. The van der Waals surface area contributed by atoms with Crippen LogP contribution in [0.1, 0.15) is 6.92 Å². The van der Waals surface area contributed by atoms with Crippen molar-refractivity contribution >= 4 is 16.0 Å². The van der Waals surface area contributed by atoms with Gasteiger partial charge < -0.3 is 14.6 Å². The second-order valence-corrected chi connectivity index (χ2v) is 5.94. The molecular formula is C9H17NO6S. The van der Waals surface area contributed by atoms with Crippen LogP contribution in [-0.4, -0.2) is 68.6 Å². The lowest BCUT2D eigenvalue weighted by Gasteiger charge is -2.34. The SMILES string of the molecule is COC(=O)C(C)S(=O)(=O)N1CCOCC1CO. The van der Waals surface area contributed by atoms with Crippen LogP contribution in [0.4, 0.5) is 0 Å². The van der Waals surface area contributed by atoms with Gasteiger partial charge in [-0.15, -0.1) is 0 Å².